The summed E-state index contributed by atoms with van der Waals surface area (Å²) >= 11 is 0. The summed E-state index contributed by atoms with van der Waals surface area (Å²) in [5.74, 6) is 1.33. The summed E-state index contributed by atoms with van der Waals surface area (Å²) in [7, 11) is 0. The molecule has 0 N–H and O–H groups in total. The highest BCUT2D eigenvalue weighted by atomic mass is 16.7. The molecule has 1 aromatic rings. The van der Waals surface area contributed by atoms with E-state index in [2.05, 4.69) is 0 Å². The van der Waals surface area contributed by atoms with Crippen LogP contribution in [0.4, 0.5) is 0 Å². The van der Waals surface area contributed by atoms with Gasteiger partial charge in [-0.05, 0) is 62.1 Å². The van der Waals surface area contributed by atoms with E-state index < -0.39 is 0 Å². The van der Waals surface area contributed by atoms with Crippen molar-refractivity contribution in [3.8, 4) is 11.5 Å². The molecule has 3 aliphatic heterocycles. The topological polar surface area (TPSA) is 59.1 Å². The number of amides is 2. The fraction of sp³-hybridized carbons (Fsp3) is 0.652. The highest BCUT2D eigenvalue weighted by molar-refractivity contribution is 5.98. The number of hydrogen-bond acceptors (Lipinski definition) is 4. The molecule has 0 aromatic heterocycles. The summed E-state index contributed by atoms with van der Waals surface area (Å²) in [6, 6.07) is 4.95. The summed E-state index contributed by atoms with van der Waals surface area (Å²) < 4.78 is 10.7. The lowest BCUT2D eigenvalue weighted by Crippen LogP contribution is -2.51. The van der Waals surface area contributed by atoms with Crippen molar-refractivity contribution in [3.63, 3.8) is 0 Å². The van der Waals surface area contributed by atoms with Crippen LogP contribution in [0.25, 0.3) is 0 Å². The van der Waals surface area contributed by atoms with Gasteiger partial charge in [0.15, 0.2) is 11.5 Å². The number of carbonyl (C=O) groups is 2. The van der Waals surface area contributed by atoms with Crippen LogP contribution in [0.2, 0.25) is 0 Å². The fourth-order valence-electron chi connectivity index (χ4n) is 5.68. The summed E-state index contributed by atoms with van der Waals surface area (Å²) in [5, 5.41) is 0. The Kier molecular flexibility index (Phi) is 4.88. The van der Waals surface area contributed by atoms with Crippen molar-refractivity contribution >= 4 is 11.8 Å². The van der Waals surface area contributed by atoms with Crippen LogP contribution >= 0.6 is 0 Å². The Balaban J connectivity index is 1.26. The number of ether oxygens (including phenoxy) is 2. The molecule has 0 bridgehead atoms. The fourth-order valence-corrected chi connectivity index (χ4v) is 5.68. The van der Waals surface area contributed by atoms with Gasteiger partial charge in [-0.1, -0.05) is 19.3 Å². The first-order valence-corrected chi connectivity index (χ1v) is 11.1. The van der Waals surface area contributed by atoms with Crippen LogP contribution in [-0.2, 0) is 4.79 Å². The van der Waals surface area contributed by atoms with Crippen molar-refractivity contribution in [1.82, 2.24) is 9.80 Å². The highest BCUT2D eigenvalue weighted by Gasteiger charge is 2.41. The Morgan fingerprint density at radius 1 is 0.897 bits per heavy atom. The molecule has 2 saturated heterocycles. The minimum absolute atomic E-state index is 0.0834. The molecule has 1 spiro atoms. The van der Waals surface area contributed by atoms with Gasteiger partial charge < -0.3 is 19.3 Å². The van der Waals surface area contributed by atoms with E-state index in [1.165, 1.54) is 32.1 Å². The summed E-state index contributed by atoms with van der Waals surface area (Å²) in [4.78, 5) is 30.2. The Hall–Kier alpha value is -2.24. The number of carbonyl (C=O) groups excluding carboxylic acids is 2. The van der Waals surface area contributed by atoms with Gasteiger partial charge in [-0.15, -0.1) is 0 Å². The van der Waals surface area contributed by atoms with Crippen molar-refractivity contribution in [2.45, 2.75) is 63.8 Å². The van der Waals surface area contributed by atoms with Gasteiger partial charge in [-0.2, -0.15) is 0 Å². The molecule has 5 rings (SSSR count). The van der Waals surface area contributed by atoms with Crippen LogP contribution < -0.4 is 9.47 Å². The molecule has 3 heterocycles. The van der Waals surface area contributed by atoms with Crippen molar-refractivity contribution in [3.05, 3.63) is 23.8 Å². The second kappa shape index (κ2) is 7.54. The Bertz CT molecular complexity index is 792. The van der Waals surface area contributed by atoms with Gasteiger partial charge >= 0.3 is 0 Å². The molecule has 1 aromatic carbocycles. The molecule has 4 aliphatic rings. The third kappa shape index (κ3) is 3.47. The quantitative estimate of drug-likeness (QED) is 0.764. The van der Waals surface area contributed by atoms with E-state index in [9.17, 15) is 9.59 Å². The van der Waals surface area contributed by atoms with Gasteiger partial charge in [0.2, 0.25) is 12.7 Å². The van der Waals surface area contributed by atoms with E-state index in [-0.39, 0.29) is 24.6 Å². The first-order valence-electron chi connectivity index (χ1n) is 11.1. The van der Waals surface area contributed by atoms with Crippen molar-refractivity contribution in [1.29, 1.82) is 0 Å². The second-order valence-corrected chi connectivity index (χ2v) is 9.11. The smallest absolute Gasteiger partial charge is 0.254 e. The predicted molar refractivity (Wildman–Crippen MR) is 108 cm³/mol. The molecule has 29 heavy (non-hydrogen) atoms. The summed E-state index contributed by atoms with van der Waals surface area (Å²) in [5.41, 5.74) is 1.04. The van der Waals surface area contributed by atoms with Crippen LogP contribution in [-0.4, -0.2) is 54.1 Å². The standard InChI is InChI=1S/C23H30N2O4/c26-21(17-6-7-19-20(15-17)29-16-28-19)25-12-4-5-18(25)22(27)24-13-10-23(11-14-24)8-2-1-3-9-23/h6-7,15,18H,1-5,8-14,16H2. The van der Waals surface area contributed by atoms with Gasteiger partial charge in [-0.25, -0.2) is 0 Å². The molecule has 0 radical (unpaired) electrons. The lowest BCUT2D eigenvalue weighted by molar-refractivity contribution is -0.138. The molecule has 3 fully saturated rings. The average molecular weight is 399 g/mol. The maximum Gasteiger partial charge on any atom is 0.254 e. The Morgan fingerprint density at radius 2 is 1.66 bits per heavy atom. The SMILES string of the molecule is O=C(C1CCCN1C(=O)c1ccc2c(c1)OCO2)N1CCC2(CCCCC2)CC1. The third-order valence-corrected chi connectivity index (χ3v) is 7.47. The van der Waals surface area contributed by atoms with E-state index in [1.54, 1.807) is 23.1 Å². The molecule has 156 valence electrons. The van der Waals surface area contributed by atoms with Crippen LogP contribution in [0, 0.1) is 5.41 Å². The molecular weight excluding hydrogens is 368 g/mol. The summed E-state index contributed by atoms with van der Waals surface area (Å²) in [6.45, 7) is 2.53. The molecule has 6 heteroatoms. The lowest BCUT2D eigenvalue weighted by atomic mass is 9.68. The molecule has 1 aliphatic carbocycles. The Morgan fingerprint density at radius 3 is 2.45 bits per heavy atom. The van der Waals surface area contributed by atoms with Gasteiger partial charge in [-0.3, -0.25) is 9.59 Å². The monoisotopic (exact) mass is 398 g/mol. The van der Waals surface area contributed by atoms with Crippen LogP contribution in [0.15, 0.2) is 18.2 Å². The number of likely N-dealkylation sites (tertiary alicyclic amines) is 2. The van der Waals surface area contributed by atoms with Crippen molar-refractivity contribution in [2.75, 3.05) is 26.4 Å². The van der Waals surface area contributed by atoms with E-state index in [0.717, 1.165) is 38.8 Å². The normalized spacial score (nSPS) is 25.4. The molecular formula is C23H30N2O4. The van der Waals surface area contributed by atoms with Crippen LogP contribution in [0.5, 0.6) is 11.5 Å². The van der Waals surface area contributed by atoms with Crippen molar-refractivity contribution in [2.24, 2.45) is 5.41 Å². The number of rotatable bonds is 2. The number of piperidine rings is 1. The molecule has 1 unspecified atom stereocenters. The van der Waals surface area contributed by atoms with E-state index >= 15 is 0 Å². The van der Waals surface area contributed by atoms with Gasteiger partial charge in [0.25, 0.3) is 5.91 Å². The first-order chi connectivity index (χ1) is 14.2. The lowest BCUT2D eigenvalue weighted by Gasteiger charge is -2.45. The van der Waals surface area contributed by atoms with Gasteiger partial charge in [0.1, 0.15) is 6.04 Å². The predicted octanol–water partition coefficient (Wildman–Crippen LogP) is 3.59. The number of benzene rings is 1. The second-order valence-electron chi connectivity index (χ2n) is 9.11. The molecule has 6 nitrogen and oxygen atoms in total. The zero-order valence-electron chi connectivity index (χ0n) is 17.0. The highest BCUT2D eigenvalue weighted by Crippen LogP contribution is 2.44. The largest absolute Gasteiger partial charge is 0.454 e. The van der Waals surface area contributed by atoms with E-state index in [1.807, 2.05) is 4.90 Å². The first kappa shape index (κ1) is 18.8. The maximum atomic E-state index is 13.3. The minimum atomic E-state index is -0.326. The Labute approximate surface area is 172 Å². The average Bonchev–Trinajstić information content (AvgIpc) is 3.43. The zero-order chi connectivity index (χ0) is 19.8. The van der Waals surface area contributed by atoms with Gasteiger partial charge in [0.05, 0.1) is 0 Å². The van der Waals surface area contributed by atoms with Crippen LogP contribution in [0.3, 0.4) is 0 Å². The van der Waals surface area contributed by atoms with E-state index in [0.29, 0.717) is 29.0 Å². The number of nitrogens with zero attached hydrogens (tertiary/aromatic N) is 2. The number of fused-ring (bicyclic) bond motifs is 1. The van der Waals surface area contributed by atoms with E-state index in [4.69, 9.17) is 9.47 Å². The molecule has 2 amide bonds. The van der Waals surface area contributed by atoms with Crippen molar-refractivity contribution < 1.29 is 19.1 Å². The maximum absolute atomic E-state index is 13.3. The summed E-state index contributed by atoms with van der Waals surface area (Å²) in [6.07, 6.45) is 10.6. The van der Waals surface area contributed by atoms with Gasteiger partial charge in [0, 0.05) is 25.2 Å². The zero-order valence-corrected chi connectivity index (χ0v) is 17.0. The van der Waals surface area contributed by atoms with Crippen LogP contribution in [0.1, 0.15) is 68.1 Å². The molecule has 1 saturated carbocycles. The minimum Gasteiger partial charge on any atom is -0.454 e. The number of hydrogen-bond donors (Lipinski definition) is 0. The molecule has 1 atom stereocenters. The third-order valence-electron chi connectivity index (χ3n) is 7.47.